The van der Waals surface area contributed by atoms with E-state index < -0.39 is 0 Å². The summed E-state index contributed by atoms with van der Waals surface area (Å²) in [6.45, 7) is 14.4. The summed E-state index contributed by atoms with van der Waals surface area (Å²) < 4.78 is 6.08. The molecule has 1 heterocycles. The second kappa shape index (κ2) is 5.01. The topological polar surface area (TPSA) is 9.23 Å². The molecule has 0 atom stereocenters. The number of fused-ring (bicyclic) bond motifs is 1. The molecule has 0 saturated heterocycles. The Morgan fingerprint density at radius 1 is 0.955 bits per heavy atom. The Labute approximate surface area is 135 Å². The summed E-state index contributed by atoms with van der Waals surface area (Å²) in [4.78, 5) is 0. The van der Waals surface area contributed by atoms with Crippen molar-refractivity contribution in [3.8, 4) is 5.75 Å². The van der Waals surface area contributed by atoms with E-state index >= 15 is 0 Å². The Kier molecular flexibility index (Phi) is 3.51. The fourth-order valence-electron chi connectivity index (χ4n) is 3.07. The van der Waals surface area contributed by atoms with Crippen LogP contribution in [0.1, 0.15) is 76.6 Å². The van der Waals surface area contributed by atoms with Crippen LogP contribution < -0.4 is 4.74 Å². The number of benzene rings is 1. The summed E-state index contributed by atoms with van der Waals surface area (Å²) >= 11 is 0. The van der Waals surface area contributed by atoms with Gasteiger partial charge in [-0.2, -0.15) is 0 Å². The van der Waals surface area contributed by atoms with E-state index in [-0.39, 0.29) is 10.8 Å². The van der Waals surface area contributed by atoms with Gasteiger partial charge in [0.05, 0.1) is 0 Å². The largest absolute Gasteiger partial charge is 0.489 e. The molecule has 1 nitrogen and oxygen atoms in total. The third kappa shape index (κ3) is 2.86. The molecule has 22 heavy (non-hydrogen) atoms. The minimum Gasteiger partial charge on any atom is -0.489 e. The van der Waals surface area contributed by atoms with Gasteiger partial charge in [0.25, 0.3) is 0 Å². The lowest BCUT2D eigenvalue weighted by Crippen LogP contribution is -2.21. The molecule has 1 fully saturated rings. The first-order valence-corrected chi connectivity index (χ1v) is 8.38. The van der Waals surface area contributed by atoms with Gasteiger partial charge in [-0.3, -0.25) is 0 Å². The van der Waals surface area contributed by atoms with Crippen LogP contribution in [0.2, 0.25) is 0 Å². The van der Waals surface area contributed by atoms with Gasteiger partial charge in [0.1, 0.15) is 12.4 Å². The van der Waals surface area contributed by atoms with Crippen molar-refractivity contribution in [3.63, 3.8) is 0 Å². The van der Waals surface area contributed by atoms with Gasteiger partial charge >= 0.3 is 0 Å². The van der Waals surface area contributed by atoms with Crippen LogP contribution in [0.4, 0.5) is 0 Å². The Hall–Kier alpha value is -1.50. The quantitative estimate of drug-likeness (QED) is 0.630. The van der Waals surface area contributed by atoms with Crippen LogP contribution in [-0.4, -0.2) is 6.61 Å². The van der Waals surface area contributed by atoms with Gasteiger partial charge in [0.2, 0.25) is 0 Å². The Bertz CT molecular complexity index is 655. The maximum atomic E-state index is 6.08. The van der Waals surface area contributed by atoms with E-state index in [1.807, 2.05) is 0 Å². The minimum absolute atomic E-state index is 0.0838. The molecule has 0 aromatic heterocycles. The first-order chi connectivity index (χ1) is 10.2. The van der Waals surface area contributed by atoms with Gasteiger partial charge < -0.3 is 4.74 Å². The monoisotopic (exact) mass is 296 g/mol. The van der Waals surface area contributed by atoms with E-state index in [1.165, 1.54) is 35.1 Å². The molecule has 1 heteroatoms. The van der Waals surface area contributed by atoms with Gasteiger partial charge in [0.15, 0.2) is 0 Å². The molecule has 0 radical (unpaired) electrons. The molecule has 1 aromatic carbocycles. The van der Waals surface area contributed by atoms with Gasteiger partial charge in [-0.15, -0.1) is 0 Å². The van der Waals surface area contributed by atoms with Crippen LogP contribution in [-0.2, 0) is 10.8 Å². The Morgan fingerprint density at radius 3 is 2.14 bits per heavy atom. The summed E-state index contributed by atoms with van der Waals surface area (Å²) in [5.74, 6) is 1.09. The molecular formula is C21H28O. The third-order valence-corrected chi connectivity index (χ3v) is 4.47. The summed E-state index contributed by atoms with van der Waals surface area (Å²) in [5.41, 5.74) is 7.19. The first-order valence-electron chi connectivity index (χ1n) is 8.38. The average molecular weight is 296 g/mol. The Morgan fingerprint density at radius 2 is 1.59 bits per heavy atom. The molecule has 1 aromatic rings. The van der Waals surface area contributed by atoms with Gasteiger partial charge in [-0.1, -0.05) is 65.3 Å². The van der Waals surface area contributed by atoms with Gasteiger partial charge in [-0.25, -0.2) is 0 Å². The number of hydrogen-bond acceptors (Lipinski definition) is 1. The van der Waals surface area contributed by atoms with Crippen molar-refractivity contribution in [3.05, 3.63) is 40.0 Å². The summed E-state index contributed by atoms with van der Waals surface area (Å²) in [7, 11) is 0. The summed E-state index contributed by atoms with van der Waals surface area (Å²) in [5, 5.41) is 0. The predicted molar refractivity (Wildman–Crippen MR) is 95.6 cm³/mol. The normalized spacial score (nSPS) is 17.1. The SMILES string of the molecule is CC(C)(C)c1cc(C(C)(C)C)c2c(c1C=C1CC1)C=CCO2. The lowest BCUT2D eigenvalue weighted by Gasteiger charge is -2.32. The number of ether oxygens (including phenoxy) is 1. The van der Waals surface area contributed by atoms with Crippen molar-refractivity contribution in [2.75, 3.05) is 6.61 Å². The lowest BCUT2D eigenvalue weighted by molar-refractivity contribution is 0.345. The van der Waals surface area contributed by atoms with E-state index in [4.69, 9.17) is 4.74 Å². The molecule has 0 N–H and O–H groups in total. The molecule has 1 saturated carbocycles. The van der Waals surface area contributed by atoms with E-state index in [0.717, 1.165) is 5.75 Å². The highest BCUT2D eigenvalue weighted by atomic mass is 16.5. The standard InChI is InChI=1S/C21H28O/c1-20(2,3)17-13-18(21(4,5)6)19-15(8-7-11-22-19)16(17)12-14-9-10-14/h7-8,12-13H,9-11H2,1-6H3. The zero-order valence-electron chi connectivity index (χ0n) is 14.8. The number of rotatable bonds is 1. The van der Waals surface area contributed by atoms with E-state index in [9.17, 15) is 0 Å². The van der Waals surface area contributed by atoms with Gasteiger partial charge in [0, 0.05) is 11.1 Å². The van der Waals surface area contributed by atoms with Gasteiger partial charge in [-0.05, 0) is 40.9 Å². The van der Waals surface area contributed by atoms with Crippen molar-refractivity contribution in [2.45, 2.75) is 65.2 Å². The average Bonchev–Trinajstić information content (AvgIpc) is 3.20. The maximum absolute atomic E-state index is 6.08. The predicted octanol–water partition coefficient (Wildman–Crippen LogP) is 5.86. The highest BCUT2D eigenvalue weighted by Crippen LogP contribution is 2.45. The molecule has 0 unspecified atom stereocenters. The molecule has 2 aliphatic rings. The van der Waals surface area contributed by atoms with Crippen LogP contribution in [0.3, 0.4) is 0 Å². The summed E-state index contributed by atoms with van der Waals surface area (Å²) in [6.07, 6.45) is 9.31. The van der Waals surface area contributed by atoms with E-state index in [2.05, 4.69) is 65.8 Å². The Balaban J connectivity index is 2.34. The summed E-state index contributed by atoms with van der Waals surface area (Å²) in [6, 6.07) is 2.40. The van der Waals surface area contributed by atoms with E-state index in [1.54, 1.807) is 5.57 Å². The number of allylic oxidation sites excluding steroid dienone is 1. The fourth-order valence-corrected chi connectivity index (χ4v) is 3.07. The van der Waals surface area contributed by atoms with Crippen LogP contribution >= 0.6 is 0 Å². The maximum Gasteiger partial charge on any atom is 0.131 e. The molecule has 3 rings (SSSR count). The van der Waals surface area contributed by atoms with Crippen molar-refractivity contribution in [2.24, 2.45) is 0 Å². The second-order valence-corrected chi connectivity index (χ2v) is 8.64. The highest BCUT2D eigenvalue weighted by Gasteiger charge is 2.30. The number of hydrogen-bond donors (Lipinski definition) is 0. The van der Waals surface area contributed by atoms with Crippen LogP contribution in [0.15, 0.2) is 17.7 Å². The highest BCUT2D eigenvalue weighted by molar-refractivity contribution is 5.78. The van der Waals surface area contributed by atoms with E-state index in [0.29, 0.717) is 6.61 Å². The molecule has 1 aliphatic carbocycles. The zero-order valence-corrected chi connectivity index (χ0v) is 14.8. The first kappa shape index (κ1) is 15.4. The van der Waals surface area contributed by atoms with Crippen molar-refractivity contribution in [1.82, 2.24) is 0 Å². The van der Waals surface area contributed by atoms with Crippen molar-refractivity contribution >= 4 is 12.2 Å². The molecule has 118 valence electrons. The van der Waals surface area contributed by atoms with Crippen LogP contribution in [0, 0.1) is 0 Å². The lowest BCUT2D eigenvalue weighted by atomic mass is 9.75. The fraction of sp³-hybridized carbons (Fsp3) is 0.524. The molecule has 1 aliphatic heterocycles. The zero-order chi connectivity index (χ0) is 16.1. The second-order valence-electron chi connectivity index (χ2n) is 8.64. The van der Waals surface area contributed by atoms with Crippen LogP contribution in [0.5, 0.6) is 5.75 Å². The van der Waals surface area contributed by atoms with Crippen molar-refractivity contribution < 1.29 is 4.74 Å². The molecule has 0 amide bonds. The molecule has 0 spiro atoms. The third-order valence-electron chi connectivity index (χ3n) is 4.47. The smallest absolute Gasteiger partial charge is 0.131 e. The van der Waals surface area contributed by atoms with Crippen molar-refractivity contribution in [1.29, 1.82) is 0 Å². The van der Waals surface area contributed by atoms with Crippen LogP contribution in [0.25, 0.3) is 12.2 Å². The minimum atomic E-state index is 0.0838. The molecular weight excluding hydrogens is 268 g/mol. The molecule has 0 bridgehead atoms.